The molecule has 9 heteroatoms. The highest BCUT2D eigenvalue weighted by Crippen LogP contribution is 2.36. The normalized spacial score (nSPS) is 20.5. The van der Waals surface area contributed by atoms with Gasteiger partial charge in [0, 0.05) is 12.1 Å². The van der Waals surface area contributed by atoms with Crippen LogP contribution in [0.2, 0.25) is 0 Å². The number of amides is 2. The summed E-state index contributed by atoms with van der Waals surface area (Å²) in [5, 5.41) is 9.74. The zero-order valence-electron chi connectivity index (χ0n) is 18.5. The van der Waals surface area contributed by atoms with E-state index >= 15 is 0 Å². The van der Waals surface area contributed by atoms with Crippen LogP contribution in [0.4, 0.5) is 18.0 Å². The SMILES string of the molecule is CC(C)(C)N(C(=O)O)[C@@H]1C[C@@H]2COc3ccc(-c4ccc(C(F)(F)F)cc4)cc3C(=O)N2C1. The molecule has 1 fully saturated rings. The molecule has 0 unspecified atom stereocenters. The van der Waals surface area contributed by atoms with E-state index in [2.05, 4.69) is 0 Å². The predicted octanol–water partition coefficient (Wildman–Crippen LogP) is 5.13. The Bertz CT molecular complexity index is 1080. The lowest BCUT2D eigenvalue weighted by Gasteiger charge is -2.37. The van der Waals surface area contributed by atoms with Gasteiger partial charge in [-0.15, -0.1) is 0 Å². The average molecular weight is 462 g/mol. The van der Waals surface area contributed by atoms with Gasteiger partial charge in [-0.3, -0.25) is 9.69 Å². The van der Waals surface area contributed by atoms with Gasteiger partial charge in [0.05, 0.1) is 23.2 Å². The van der Waals surface area contributed by atoms with E-state index in [1.165, 1.54) is 17.0 Å². The van der Waals surface area contributed by atoms with E-state index in [-0.39, 0.29) is 31.1 Å². The van der Waals surface area contributed by atoms with E-state index in [4.69, 9.17) is 4.74 Å². The third kappa shape index (κ3) is 4.36. The first-order chi connectivity index (χ1) is 15.4. The van der Waals surface area contributed by atoms with Crippen molar-refractivity contribution in [2.45, 2.75) is 51.0 Å². The van der Waals surface area contributed by atoms with Crippen LogP contribution in [-0.4, -0.2) is 57.7 Å². The molecule has 1 saturated heterocycles. The van der Waals surface area contributed by atoms with Crippen molar-refractivity contribution in [2.75, 3.05) is 13.2 Å². The number of carbonyl (C=O) groups is 2. The fourth-order valence-electron chi connectivity index (χ4n) is 4.67. The Kier molecular flexibility index (Phi) is 5.54. The van der Waals surface area contributed by atoms with Gasteiger partial charge >= 0.3 is 12.3 Å². The van der Waals surface area contributed by atoms with Crippen molar-refractivity contribution >= 4 is 12.0 Å². The molecule has 2 heterocycles. The summed E-state index contributed by atoms with van der Waals surface area (Å²) in [7, 11) is 0. The number of halogens is 3. The minimum Gasteiger partial charge on any atom is -0.491 e. The van der Waals surface area contributed by atoms with E-state index < -0.39 is 23.4 Å². The number of nitrogens with zero attached hydrogens (tertiary/aromatic N) is 2. The van der Waals surface area contributed by atoms with Gasteiger partial charge < -0.3 is 14.7 Å². The Labute approximate surface area is 189 Å². The van der Waals surface area contributed by atoms with Gasteiger partial charge in [-0.2, -0.15) is 13.2 Å². The standard InChI is InChI=1S/C24H25F3N2O4/c1-23(2,3)29(22(31)32)17-11-18-13-33-20-9-6-15(10-19(20)21(30)28(18)12-17)14-4-7-16(8-5-14)24(25,26)27/h4-10,17-18H,11-13H2,1-3H3,(H,31,32)/t17-,18-/m1/s1. The van der Waals surface area contributed by atoms with Crippen LogP contribution in [0, 0.1) is 0 Å². The van der Waals surface area contributed by atoms with Gasteiger partial charge in [-0.1, -0.05) is 18.2 Å². The first-order valence-corrected chi connectivity index (χ1v) is 10.6. The van der Waals surface area contributed by atoms with Gasteiger partial charge in [-0.25, -0.2) is 4.79 Å². The molecule has 2 aromatic carbocycles. The number of fused-ring (bicyclic) bond motifs is 2. The van der Waals surface area contributed by atoms with Crippen molar-refractivity contribution in [1.29, 1.82) is 0 Å². The minimum atomic E-state index is -4.42. The number of benzene rings is 2. The lowest BCUT2D eigenvalue weighted by atomic mass is 10.0. The van der Waals surface area contributed by atoms with E-state index in [9.17, 15) is 27.9 Å². The van der Waals surface area contributed by atoms with Crippen LogP contribution in [0.5, 0.6) is 5.75 Å². The summed E-state index contributed by atoms with van der Waals surface area (Å²) in [5.41, 5.74) is 0.0824. The molecule has 0 saturated carbocycles. The maximum Gasteiger partial charge on any atom is 0.416 e. The predicted molar refractivity (Wildman–Crippen MR) is 115 cm³/mol. The smallest absolute Gasteiger partial charge is 0.416 e. The third-order valence-electron chi connectivity index (χ3n) is 6.13. The molecule has 4 rings (SSSR count). The van der Waals surface area contributed by atoms with Crippen molar-refractivity contribution in [2.24, 2.45) is 0 Å². The number of hydrogen-bond donors (Lipinski definition) is 1. The highest BCUT2D eigenvalue weighted by Gasteiger charge is 2.45. The minimum absolute atomic E-state index is 0.243. The summed E-state index contributed by atoms with van der Waals surface area (Å²) in [5.74, 6) is 0.135. The van der Waals surface area contributed by atoms with Crippen LogP contribution in [0.15, 0.2) is 42.5 Å². The maximum absolute atomic E-state index is 13.4. The quantitative estimate of drug-likeness (QED) is 0.672. The van der Waals surface area contributed by atoms with E-state index in [0.29, 0.717) is 28.9 Å². The Morgan fingerprint density at radius 1 is 1.09 bits per heavy atom. The zero-order valence-corrected chi connectivity index (χ0v) is 18.5. The van der Waals surface area contributed by atoms with Crippen LogP contribution in [0.3, 0.4) is 0 Å². The van der Waals surface area contributed by atoms with Crippen molar-refractivity contribution in [3.8, 4) is 16.9 Å². The number of carboxylic acid groups (broad SMARTS) is 1. The molecule has 6 nitrogen and oxygen atoms in total. The van der Waals surface area contributed by atoms with Crippen molar-refractivity contribution in [3.63, 3.8) is 0 Å². The molecule has 0 radical (unpaired) electrons. The molecule has 2 aliphatic heterocycles. The second-order valence-corrected chi connectivity index (χ2v) is 9.42. The van der Waals surface area contributed by atoms with E-state index in [1.807, 2.05) is 20.8 Å². The molecule has 1 N–H and O–H groups in total. The van der Waals surface area contributed by atoms with Gasteiger partial charge in [-0.05, 0) is 62.6 Å². The summed E-state index contributed by atoms with van der Waals surface area (Å²) in [6.07, 6.45) is -4.99. The molecule has 33 heavy (non-hydrogen) atoms. The first-order valence-electron chi connectivity index (χ1n) is 10.6. The van der Waals surface area contributed by atoms with Crippen LogP contribution >= 0.6 is 0 Å². The average Bonchev–Trinajstić information content (AvgIpc) is 3.07. The lowest BCUT2D eigenvalue weighted by Crippen LogP contribution is -2.52. The fraction of sp³-hybridized carbons (Fsp3) is 0.417. The van der Waals surface area contributed by atoms with Crippen LogP contribution < -0.4 is 4.74 Å². The number of rotatable bonds is 2. The number of alkyl halides is 3. The largest absolute Gasteiger partial charge is 0.491 e. The molecule has 2 atom stereocenters. The van der Waals surface area contributed by atoms with Crippen LogP contribution in [-0.2, 0) is 6.18 Å². The second kappa shape index (κ2) is 7.97. The molecule has 2 amide bonds. The Balaban J connectivity index is 1.62. The summed E-state index contributed by atoms with van der Waals surface area (Å²) in [6, 6.07) is 9.10. The zero-order chi connectivity index (χ0) is 24.1. The number of hydrogen-bond acceptors (Lipinski definition) is 3. The van der Waals surface area contributed by atoms with Gasteiger partial charge in [0.1, 0.15) is 12.4 Å². The molecule has 2 aromatic rings. The van der Waals surface area contributed by atoms with Crippen LogP contribution in [0.25, 0.3) is 11.1 Å². The molecule has 2 aliphatic rings. The second-order valence-electron chi connectivity index (χ2n) is 9.42. The highest BCUT2D eigenvalue weighted by molar-refractivity contribution is 5.99. The van der Waals surface area contributed by atoms with Crippen molar-refractivity contribution < 1.29 is 32.6 Å². The molecule has 0 spiro atoms. The Hall–Kier alpha value is -3.23. The highest BCUT2D eigenvalue weighted by atomic mass is 19.4. The van der Waals surface area contributed by atoms with Gasteiger partial charge in [0.2, 0.25) is 0 Å². The molecular weight excluding hydrogens is 437 g/mol. The summed E-state index contributed by atoms with van der Waals surface area (Å²) in [4.78, 5) is 28.3. The Morgan fingerprint density at radius 3 is 2.30 bits per heavy atom. The first kappa shape index (κ1) is 22.9. The Morgan fingerprint density at radius 2 is 1.73 bits per heavy atom. The maximum atomic E-state index is 13.4. The molecular formula is C24H25F3N2O4. The lowest BCUT2D eigenvalue weighted by molar-refractivity contribution is -0.137. The summed E-state index contributed by atoms with van der Waals surface area (Å²) >= 11 is 0. The monoisotopic (exact) mass is 462 g/mol. The number of ether oxygens (including phenoxy) is 1. The van der Waals surface area contributed by atoms with Gasteiger partial charge in [0.15, 0.2) is 0 Å². The van der Waals surface area contributed by atoms with Crippen molar-refractivity contribution in [1.82, 2.24) is 9.80 Å². The summed E-state index contributed by atoms with van der Waals surface area (Å²) in [6.45, 7) is 5.94. The van der Waals surface area contributed by atoms with Gasteiger partial charge in [0.25, 0.3) is 5.91 Å². The van der Waals surface area contributed by atoms with Crippen LogP contribution in [0.1, 0.15) is 43.1 Å². The molecule has 0 aliphatic carbocycles. The summed E-state index contributed by atoms with van der Waals surface area (Å²) < 4.78 is 44.5. The molecule has 0 bridgehead atoms. The molecule has 176 valence electrons. The topological polar surface area (TPSA) is 70.1 Å². The van der Waals surface area contributed by atoms with E-state index in [0.717, 1.165) is 12.1 Å². The van der Waals surface area contributed by atoms with E-state index in [1.54, 1.807) is 23.1 Å². The molecule has 0 aromatic heterocycles. The number of carbonyl (C=O) groups excluding carboxylic acids is 1. The third-order valence-corrected chi connectivity index (χ3v) is 6.13. The fourth-order valence-corrected chi connectivity index (χ4v) is 4.67. The van der Waals surface area contributed by atoms with Crippen molar-refractivity contribution in [3.05, 3.63) is 53.6 Å².